The lowest BCUT2D eigenvalue weighted by Crippen LogP contribution is -1.99. The van der Waals surface area contributed by atoms with Crippen LogP contribution < -0.4 is 4.74 Å². The summed E-state index contributed by atoms with van der Waals surface area (Å²) < 4.78 is 5.42. The zero-order valence-corrected chi connectivity index (χ0v) is 14.8. The SMILES string of the molecule is COc1ccc(-c2ccc(C(=O)O)c(C)c2)cc1-c1cccc([N+](=O)[O-])c1. The lowest BCUT2D eigenvalue weighted by atomic mass is 9.95. The number of rotatable bonds is 5. The van der Waals surface area contributed by atoms with Crippen molar-refractivity contribution >= 4 is 11.7 Å². The smallest absolute Gasteiger partial charge is 0.335 e. The fourth-order valence-electron chi connectivity index (χ4n) is 2.98. The first kappa shape index (κ1) is 18.1. The van der Waals surface area contributed by atoms with Crippen molar-refractivity contribution in [1.29, 1.82) is 0 Å². The van der Waals surface area contributed by atoms with Crippen LogP contribution in [0.1, 0.15) is 15.9 Å². The van der Waals surface area contributed by atoms with Crippen LogP contribution in [-0.4, -0.2) is 23.1 Å². The third-order valence-corrected chi connectivity index (χ3v) is 4.36. The fraction of sp³-hybridized carbons (Fsp3) is 0.0952. The molecule has 0 aromatic heterocycles. The second-order valence-corrected chi connectivity index (χ2v) is 6.06. The minimum Gasteiger partial charge on any atom is -0.496 e. The molecule has 6 heteroatoms. The Morgan fingerprint density at radius 1 is 1.00 bits per heavy atom. The Balaban J connectivity index is 2.12. The van der Waals surface area contributed by atoms with Crippen molar-refractivity contribution in [3.05, 3.63) is 81.9 Å². The van der Waals surface area contributed by atoms with Crippen LogP contribution in [-0.2, 0) is 0 Å². The number of methoxy groups -OCH3 is 1. The predicted octanol–water partition coefficient (Wildman–Crippen LogP) is 4.94. The highest BCUT2D eigenvalue weighted by molar-refractivity contribution is 5.90. The van der Waals surface area contributed by atoms with Crippen LogP contribution in [0.25, 0.3) is 22.3 Å². The van der Waals surface area contributed by atoms with Gasteiger partial charge in [0.15, 0.2) is 0 Å². The third kappa shape index (κ3) is 3.64. The average molecular weight is 363 g/mol. The maximum absolute atomic E-state index is 11.2. The second-order valence-electron chi connectivity index (χ2n) is 6.06. The number of carboxylic acids is 1. The van der Waals surface area contributed by atoms with Gasteiger partial charge in [0.05, 0.1) is 17.6 Å². The molecule has 0 fully saturated rings. The second kappa shape index (κ2) is 7.29. The number of hydrogen-bond donors (Lipinski definition) is 1. The van der Waals surface area contributed by atoms with Crippen molar-refractivity contribution in [1.82, 2.24) is 0 Å². The molecule has 0 saturated heterocycles. The number of aromatic carboxylic acids is 1. The molecule has 0 aliphatic rings. The third-order valence-electron chi connectivity index (χ3n) is 4.36. The highest BCUT2D eigenvalue weighted by atomic mass is 16.6. The molecule has 0 radical (unpaired) electrons. The Bertz CT molecular complexity index is 1040. The normalized spacial score (nSPS) is 10.4. The number of nitrogens with zero attached hydrogens (tertiary/aromatic N) is 1. The molecule has 3 aromatic rings. The minimum absolute atomic E-state index is 0.00149. The summed E-state index contributed by atoms with van der Waals surface area (Å²) in [5, 5.41) is 20.3. The first-order valence-electron chi connectivity index (χ1n) is 8.18. The van der Waals surface area contributed by atoms with E-state index in [0.29, 0.717) is 16.9 Å². The number of nitro benzene ring substituents is 1. The van der Waals surface area contributed by atoms with Crippen molar-refractivity contribution < 1.29 is 19.6 Å². The number of nitro groups is 1. The Kier molecular flexibility index (Phi) is 4.90. The molecule has 0 spiro atoms. The van der Waals surface area contributed by atoms with Crippen LogP contribution >= 0.6 is 0 Å². The van der Waals surface area contributed by atoms with E-state index in [1.165, 1.54) is 12.1 Å². The lowest BCUT2D eigenvalue weighted by Gasteiger charge is -2.12. The van der Waals surface area contributed by atoms with E-state index >= 15 is 0 Å². The molecule has 0 saturated carbocycles. The van der Waals surface area contributed by atoms with Gasteiger partial charge in [0.25, 0.3) is 5.69 Å². The summed E-state index contributed by atoms with van der Waals surface area (Å²) in [7, 11) is 1.54. The maximum Gasteiger partial charge on any atom is 0.335 e. The van der Waals surface area contributed by atoms with Crippen LogP contribution in [0.15, 0.2) is 60.7 Å². The highest BCUT2D eigenvalue weighted by Crippen LogP contribution is 2.36. The Morgan fingerprint density at radius 3 is 2.33 bits per heavy atom. The van der Waals surface area contributed by atoms with Crippen molar-refractivity contribution in [2.75, 3.05) is 7.11 Å². The molecule has 1 N–H and O–H groups in total. The van der Waals surface area contributed by atoms with E-state index in [1.807, 2.05) is 18.2 Å². The van der Waals surface area contributed by atoms with Crippen LogP contribution in [0.3, 0.4) is 0 Å². The Labute approximate surface area is 155 Å². The molecule has 3 rings (SSSR count). The molecule has 27 heavy (non-hydrogen) atoms. The molecule has 3 aromatic carbocycles. The molecule has 0 heterocycles. The topological polar surface area (TPSA) is 89.7 Å². The van der Waals surface area contributed by atoms with Gasteiger partial charge in [0.1, 0.15) is 5.75 Å². The van der Waals surface area contributed by atoms with E-state index in [9.17, 15) is 20.0 Å². The summed E-state index contributed by atoms with van der Waals surface area (Å²) in [6.45, 7) is 1.75. The Hall–Kier alpha value is -3.67. The van der Waals surface area contributed by atoms with Crippen LogP contribution in [0.5, 0.6) is 5.75 Å². The van der Waals surface area contributed by atoms with Gasteiger partial charge in [-0.1, -0.05) is 30.3 Å². The number of hydrogen-bond acceptors (Lipinski definition) is 4. The zero-order valence-electron chi connectivity index (χ0n) is 14.8. The van der Waals surface area contributed by atoms with Crippen molar-refractivity contribution in [2.45, 2.75) is 6.92 Å². The molecule has 0 aliphatic heterocycles. The van der Waals surface area contributed by atoms with Gasteiger partial charge in [-0.15, -0.1) is 0 Å². The van der Waals surface area contributed by atoms with Gasteiger partial charge in [0.2, 0.25) is 0 Å². The van der Waals surface area contributed by atoms with Gasteiger partial charge in [0, 0.05) is 17.7 Å². The predicted molar refractivity (Wildman–Crippen MR) is 102 cm³/mol. The van der Waals surface area contributed by atoms with Gasteiger partial charge in [-0.25, -0.2) is 4.79 Å². The number of carboxylic acid groups (broad SMARTS) is 1. The molecule has 136 valence electrons. The molecular weight excluding hydrogens is 346 g/mol. The van der Waals surface area contributed by atoms with Crippen molar-refractivity contribution in [3.63, 3.8) is 0 Å². The van der Waals surface area contributed by atoms with E-state index in [4.69, 9.17) is 4.74 Å². The summed E-state index contributed by atoms with van der Waals surface area (Å²) >= 11 is 0. The van der Waals surface area contributed by atoms with Crippen LogP contribution in [0.2, 0.25) is 0 Å². The number of benzene rings is 3. The van der Waals surface area contributed by atoms with E-state index in [1.54, 1.807) is 44.4 Å². The summed E-state index contributed by atoms with van der Waals surface area (Å²) in [6.07, 6.45) is 0. The summed E-state index contributed by atoms with van der Waals surface area (Å²) in [6, 6.07) is 17.0. The maximum atomic E-state index is 11.2. The van der Waals surface area contributed by atoms with E-state index in [-0.39, 0.29) is 11.3 Å². The van der Waals surface area contributed by atoms with E-state index in [2.05, 4.69) is 0 Å². The van der Waals surface area contributed by atoms with E-state index in [0.717, 1.165) is 16.7 Å². The first-order chi connectivity index (χ1) is 12.9. The quantitative estimate of drug-likeness (QED) is 0.512. The van der Waals surface area contributed by atoms with Gasteiger partial charge in [-0.3, -0.25) is 10.1 Å². The molecule has 0 aliphatic carbocycles. The van der Waals surface area contributed by atoms with Crippen LogP contribution in [0.4, 0.5) is 5.69 Å². The first-order valence-corrected chi connectivity index (χ1v) is 8.18. The highest BCUT2D eigenvalue weighted by Gasteiger charge is 2.13. The Morgan fingerprint density at radius 2 is 1.70 bits per heavy atom. The average Bonchev–Trinajstić information content (AvgIpc) is 2.67. The van der Waals surface area contributed by atoms with Crippen molar-refractivity contribution in [3.8, 4) is 28.0 Å². The van der Waals surface area contributed by atoms with Gasteiger partial charge in [-0.2, -0.15) is 0 Å². The molecule has 0 unspecified atom stereocenters. The standard InChI is InChI=1S/C21H17NO5/c1-13-10-14(6-8-18(13)21(23)24)15-7-9-20(27-2)19(12-15)16-4-3-5-17(11-16)22(25)26/h3-12H,1-2H3,(H,23,24). The largest absolute Gasteiger partial charge is 0.496 e. The summed E-state index contributed by atoms with van der Waals surface area (Å²) in [5.74, 6) is -0.371. The number of non-ortho nitro benzene ring substituents is 1. The number of carbonyl (C=O) groups is 1. The molecule has 0 bridgehead atoms. The lowest BCUT2D eigenvalue weighted by molar-refractivity contribution is -0.384. The monoisotopic (exact) mass is 363 g/mol. The van der Waals surface area contributed by atoms with Gasteiger partial charge in [-0.05, 0) is 47.4 Å². The minimum atomic E-state index is -0.967. The molecule has 0 amide bonds. The summed E-state index contributed by atoms with van der Waals surface area (Å²) in [5.41, 5.74) is 4.02. The fourth-order valence-corrected chi connectivity index (χ4v) is 2.98. The molecular formula is C21H17NO5. The zero-order chi connectivity index (χ0) is 19.6. The molecule has 0 atom stereocenters. The van der Waals surface area contributed by atoms with E-state index < -0.39 is 10.9 Å². The van der Waals surface area contributed by atoms with Crippen LogP contribution in [0, 0.1) is 17.0 Å². The van der Waals surface area contributed by atoms with Crippen molar-refractivity contribution in [2.24, 2.45) is 0 Å². The number of ether oxygens (including phenoxy) is 1. The van der Waals surface area contributed by atoms with Gasteiger partial charge < -0.3 is 9.84 Å². The summed E-state index contributed by atoms with van der Waals surface area (Å²) in [4.78, 5) is 21.8. The number of aryl methyl sites for hydroxylation is 1. The molecule has 6 nitrogen and oxygen atoms in total. The van der Waals surface area contributed by atoms with Gasteiger partial charge >= 0.3 is 5.97 Å².